The van der Waals surface area contributed by atoms with Crippen LogP contribution in [0.15, 0.2) is 36.7 Å². The fourth-order valence-corrected chi connectivity index (χ4v) is 3.71. The summed E-state index contributed by atoms with van der Waals surface area (Å²) in [6.45, 7) is 7.26. The van der Waals surface area contributed by atoms with Gasteiger partial charge in [0.1, 0.15) is 11.6 Å². The van der Waals surface area contributed by atoms with Gasteiger partial charge < -0.3 is 5.32 Å². The molecule has 1 saturated carbocycles. The van der Waals surface area contributed by atoms with E-state index in [4.69, 9.17) is 0 Å². The minimum atomic E-state index is -0.652. The number of aryl methyl sites for hydroxylation is 1. The number of pyridine rings is 1. The number of ketones is 1. The second-order valence-corrected chi connectivity index (χ2v) is 9.77. The van der Waals surface area contributed by atoms with Crippen molar-refractivity contribution in [1.29, 1.82) is 0 Å². The van der Waals surface area contributed by atoms with Crippen LogP contribution >= 0.6 is 0 Å². The molecule has 0 unspecified atom stereocenters. The van der Waals surface area contributed by atoms with Crippen LogP contribution in [0.1, 0.15) is 61.6 Å². The van der Waals surface area contributed by atoms with Crippen molar-refractivity contribution in [2.24, 2.45) is 5.92 Å². The standard InChI is InChI=1S/C26H28F2N4O2/c1-15-16(8-10-21(33)24-20(27)14-32(31-24)26(2,3)4)7-9-19(23(15)28)18-11-12-29-22(13-18)30-25(34)17-5-6-17/h7,9,11-14,17H,5-6,8,10H2,1-4H3,(H,29,30,34). The van der Waals surface area contributed by atoms with E-state index in [0.29, 0.717) is 28.1 Å². The molecule has 1 aliphatic carbocycles. The SMILES string of the molecule is Cc1c(CCC(=O)c2nn(C(C)(C)C)cc2F)ccc(-c2ccnc(NC(=O)C3CC3)c2)c1F. The Morgan fingerprint density at radius 1 is 1.18 bits per heavy atom. The Labute approximate surface area is 197 Å². The molecule has 0 saturated heterocycles. The van der Waals surface area contributed by atoms with Gasteiger partial charge in [-0.2, -0.15) is 5.10 Å². The summed E-state index contributed by atoms with van der Waals surface area (Å²) >= 11 is 0. The first kappa shape index (κ1) is 23.7. The molecule has 34 heavy (non-hydrogen) atoms. The van der Waals surface area contributed by atoms with Gasteiger partial charge in [0.15, 0.2) is 17.3 Å². The highest BCUT2D eigenvalue weighted by atomic mass is 19.1. The largest absolute Gasteiger partial charge is 0.310 e. The molecule has 6 nitrogen and oxygen atoms in total. The van der Waals surface area contributed by atoms with E-state index in [1.54, 1.807) is 31.2 Å². The molecule has 1 fully saturated rings. The number of nitrogens with zero attached hydrogens (tertiary/aromatic N) is 3. The maximum absolute atomic E-state index is 15.3. The van der Waals surface area contributed by atoms with Crippen molar-refractivity contribution in [1.82, 2.24) is 14.8 Å². The highest BCUT2D eigenvalue weighted by Crippen LogP contribution is 2.31. The molecule has 0 spiro atoms. The topological polar surface area (TPSA) is 76.9 Å². The third kappa shape index (κ3) is 5.05. The molecule has 0 aliphatic heterocycles. The summed E-state index contributed by atoms with van der Waals surface area (Å²) in [7, 11) is 0. The van der Waals surface area contributed by atoms with Crippen LogP contribution in [0.4, 0.5) is 14.6 Å². The molecule has 3 aromatic rings. The summed E-state index contributed by atoms with van der Waals surface area (Å²) in [5.74, 6) is -1.11. The summed E-state index contributed by atoms with van der Waals surface area (Å²) in [5.41, 5.74) is 1.43. The number of Topliss-reactive ketones (excluding diaryl/α,β-unsaturated/α-hetero) is 1. The third-order valence-corrected chi connectivity index (χ3v) is 6.01. The Hall–Kier alpha value is -3.42. The summed E-state index contributed by atoms with van der Waals surface area (Å²) < 4.78 is 31.0. The Balaban J connectivity index is 1.48. The Morgan fingerprint density at radius 3 is 2.56 bits per heavy atom. The first-order chi connectivity index (χ1) is 16.0. The predicted octanol–water partition coefficient (Wildman–Crippen LogP) is 5.45. The molecular formula is C26H28F2N4O2. The summed E-state index contributed by atoms with van der Waals surface area (Å²) in [5, 5.41) is 6.89. The molecule has 1 aromatic carbocycles. The second kappa shape index (κ2) is 9.08. The summed E-state index contributed by atoms with van der Waals surface area (Å²) in [6.07, 6.45) is 4.81. The minimum absolute atomic E-state index is 0.0182. The van der Waals surface area contributed by atoms with Gasteiger partial charge in [-0.1, -0.05) is 12.1 Å². The van der Waals surface area contributed by atoms with Crippen LogP contribution in [0, 0.1) is 24.5 Å². The van der Waals surface area contributed by atoms with Gasteiger partial charge in [0.25, 0.3) is 0 Å². The second-order valence-electron chi connectivity index (χ2n) is 9.77. The zero-order chi connectivity index (χ0) is 24.6. The van der Waals surface area contributed by atoms with Crippen molar-refractivity contribution in [3.8, 4) is 11.1 Å². The van der Waals surface area contributed by atoms with Crippen LogP contribution < -0.4 is 5.32 Å². The fraction of sp³-hybridized carbons (Fsp3) is 0.385. The lowest BCUT2D eigenvalue weighted by molar-refractivity contribution is -0.117. The van der Waals surface area contributed by atoms with Crippen molar-refractivity contribution in [3.63, 3.8) is 0 Å². The molecule has 2 aromatic heterocycles. The Kier molecular flexibility index (Phi) is 6.34. The lowest BCUT2D eigenvalue weighted by Gasteiger charge is -2.18. The molecule has 1 aliphatic rings. The van der Waals surface area contributed by atoms with Crippen LogP contribution in [0.3, 0.4) is 0 Å². The molecule has 4 rings (SSSR count). The van der Waals surface area contributed by atoms with Crippen molar-refractivity contribution < 1.29 is 18.4 Å². The summed E-state index contributed by atoms with van der Waals surface area (Å²) in [6, 6.07) is 6.75. The maximum atomic E-state index is 15.3. The predicted molar refractivity (Wildman–Crippen MR) is 126 cm³/mol. The molecule has 0 radical (unpaired) electrons. The number of amides is 1. The molecule has 178 valence electrons. The van der Waals surface area contributed by atoms with E-state index >= 15 is 4.39 Å². The Bertz CT molecular complexity index is 1260. The van der Waals surface area contributed by atoms with E-state index in [-0.39, 0.29) is 30.4 Å². The normalized spacial score (nSPS) is 13.7. The van der Waals surface area contributed by atoms with Crippen LogP contribution in [0.5, 0.6) is 0 Å². The molecule has 2 heterocycles. The van der Waals surface area contributed by atoms with Gasteiger partial charge in [-0.05, 0) is 75.8 Å². The van der Waals surface area contributed by atoms with Crippen LogP contribution in [-0.4, -0.2) is 26.5 Å². The number of halogens is 2. The molecule has 0 atom stereocenters. The number of nitrogens with one attached hydrogen (secondary N) is 1. The highest BCUT2D eigenvalue weighted by molar-refractivity contribution is 5.94. The van der Waals surface area contributed by atoms with Crippen LogP contribution in [0.2, 0.25) is 0 Å². The van der Waals surface area contributed by atoms with E-state index in [2.05, 4.69) is 15.4 Å². The van der Waals surface area contributed by atoms with E-state index in [0.717, 1.165) is 12.8 Å². The first-order valence-electron chi connectivity index (χ1n) is 11.4. The lowest BCUT2D eigenvalue weighted by atomic mass is 9.96. The molecule has 0 bridgehead atoms. The molecule has 1 amide bonds. The number of hydrogen-bond acceptors (Lipinski definition) is 4. The first-order valence-corrected chi connectivity index (χ1v) is 11.4. The third-order valence-electron chi connectivity index (χ3n) is 6.01. The summed E-state index contributed by atoms with van der Waals surface area (Å²) in [4.78, 5) is 28.8. The van der Waals surface area contributed by atoms with Gasteiger partial charge in [0.2, 0.25) is 5.91 Å². The van der Waals surface area contributed by atoms with Crippen LogP contribution in [-0.2, 0) is 16.8 Å². The van der Waals surface area contributed by atoms with Gasteiger partial charge in [-0.15, -0.1) is 0 Å². The van der Waals surface area contributed by atoms with Crippen molar-refractivity contribution >= 4 is 17.5 Å². The highest BCUT2D eigenvalue weighted by Gasteiger charge is 2.30. The number of aromatic nitrogens is 3. The Morgan fingerprint density at radius 2 is 1.91 bits per heavy atom. The fourth-order valence-electron chi connectivity index (χ4n) is 3.71. The van der Waals surface area contributed by atoms with E-state index in [9.17, 15) is 14.0 Å². The zero-order valence-corrected chi connectivity index (χ0v) is 19.8. The van der Waals surface area contributed by atoms with Crippen molar-refractivity contribution in [2.75, 3.05) is 5.32 Å². The number of carbonyl (C=O) groups excluding carboxylic acids is 2. The van der Waals surface area contributed by atoms with Crippen molar-refractivity contribution in [3.05, 3.63) is 65.1 Å². The van der Waals surface area contributed by atoms with E-state index in [1.807, 2.05) is 20.8 Å². The number of hydrogen-bond donors (Lipinski definition) is 1. The van der Waals surface area contributed by atoms with Gasteiger partial charge in [0, 0.05) is 24.1 Å². The lowest BCUT2D eigenvalue weighted by Crippen LogP contribution is -2.22. The van der Waals surface area contributed by atoms with Crippen molar-refractivity contribution in [2.45, 2.75) is 58.9 Å². The number of carbonyl (C=O) groups is 2. The number of anilines is 1. The molecular weight excluding hydrogens is 438 g/mol. The van der Waals surface area contributed by atoms with Gasteiger partial charge in [0.05, 0.1) is 11.7 Å². The quantitative estimate of drug-likeness (QED) is 0.470. The van der Waals surface area contributed by atoms with Gasteiger partial charge in [-0.3, -0.25) is 14.3 Å². The zero-order valence-electron chi connectivity index (χ0n) is 19.8. The molecule has 1 N–H and O–H groups in total. The van der Waals surface area contributed by atoms with Gasteiger partial charge in [-0.25, -0.2) is 13.8 Å². The average molecular weight is 467 g/mol. The van der Waals surface area contributed by atoms with E-state index < -0.39 is 23.0 Å². The number of rotatable bonds is 7. The minimum Gasteiger partial charge on any atom is -0.310 e. The van der Waals surface area contributed by atoms with E-state index in [1.165, 1.54) is 17.1 Å². The van der Waals surface area contributed by atoms with Crippen LogP contribution in [0.25, 0.3) is 11.1 Å². The maximum Gasteiger partial charge on any atom is 0.228 e. The monoisotopic (exact) mass is 466 g/mol. The van der Waals surface area contributed by atoms with Gasteiger partial charge >= 0.3 is 0 Å². The average Bonchev–Trinajstić information content (AvgIpc) is 3.55. The number of benzene rings is 1. The smallest absolute Gasteiger partial charge is 0.228 e. The molecule has 8 heteroatoms.